The molecule has 0 bridgehead atoms. The third kappa shape index (κ3) is 3.21. The van der Waals surface area contributed by atoms with E-state index in [4.69, 9.17) is 0 Å². The van der Waals surface area contributed by atoms with E-state index in [0.717, 1.165) is 0 Å². The SMILES string of the molecule is CC(CNC(=O)C(F)F)N(C)C1CC1. The maximum atomic E-state index is 11.8. The van der Waals surface area contributed by atoms with E-state index in [-0.39, 0.29) is 12.6 Å². The van der Waals surface area contributed by atoms with Crippen molar-refractivity contribution >= 4 is 5.91 Å². The van der Waals surface area contributed by atoms with Crippen LogP contribution in [0, 0.1) is 0 Å². The van der Waals surface area contributed by atoms with Gasteiger partial charge in [-0.15, -0.1) is 0 Å². The lowest BCUT2D eigenvalue weighted by Crippen LogP contribution is -2.42. The van der Waals surface area contributed by atoms with Gasteiger partial charge < -0.3 is 5.32 Å². The number of carbonyl (C=O) groups is 1. The number of alkyl halides is 2. The fourth-order valence-corrected chi connectivity index (χ4v) is 1.31. The molecule has 1 atom stereocenters. The highest BCUT2D eigenvalue weighted by atomic mass is 19.3. The van der Waals surface area contributed by atoms with Crippen molar-refractivity contribution in [1.29, 1.82) is 0 Å². The fourth-order valence-electron chi connectivity index (χ4n) is 1.31. The average Bonchev–Trinajstić information content (AvgIpc) is 2.95. The van der Waals surface area contributed by atoms with E-state index < -0.39 is 12.3 Å². The quantitative estimate of drug-likeness (QED) is 0.723. The molecule has 1 saturated carbocycles. The third-order valence-electron chi connectivity index (χ3n) is 2.59. The van der Waals surface area contributed by atoms with Crippen molar-refractivity contribution < 1.29 is 13.6 Å². The Morgan fingerprint density at radius 1 is 1.57 bits per heavy atom. The molecule has 5 heteroatoms. The van der Waals surface area contributed by atoms with Gasteiger partial charge in [-0.3, -0.25) is 9.69 Å². The summed E-state index contributed by atoms with van der Waals surface area (Å²) in [6.45, 7) is 2.21. The zero-order valence-electron chi connectivity index (χ0n) is 8.46. The lowest BCUT2D eigenvalue weighted by atomic mass is 10.3. The van der Waals surface area contributed by atoms with E-state index in [2.05, 4.69) is 10.2 Å². The normalized spacial score (nSPS) is 18.7. The molecule has 0 aromatic heterocycles. The zero-order chi connectivity index (χ0) is 10.7. The van der Waals surface area contributed by atoms with Gasteiger partial charge in [-0.1, -0.05) is 0 Å². The van der Waals surface area contributed by atoms with Gasteiger partial charge in [0.2, 0.25) is 0 Å². The van der Waals surface area contributed by atoms with Crippen LogP contribution in [-0.4, -0.2) is 42.9 Å². The highest BCUT2D eigenvalue weighted by Crippen LogP contribution is 2.26. The molecule has 0 radical (unpaired) electrons. The first-order chi connectivity index (χ1) is 6.52. The van der Waals surface area contributed by atoms with Crippen LogP contribution in [0.15, 0.2) is 0 Å². The van der Waals surface area contributed by atoms with Crippen LogP contribution in [0.5, 0.6) is 0 Å². The summed E-state index contributed by atoms with van der Waals surface area (Å²) in [4.78, 5) is 12.7. The Labute approximate surface area is 82.5 Å². The molecule has 1 N–H and O–H groups in total. The highest BCUT2D eigenvalue weighted by molar-refractivity contribution is 5.79. The van der Waals surface area contributed by atoms with Gasteiger partial charge in [0.05, 0.1) is 0 Å². The number of hydrogen-bond donors (Lipinski definition) is 1. The Morgan fingerprint density at radius 2 is 2.14 bits per heavy atom. The molecule has 1 amide bonds. The van der Waals surface area contributed by atoms with Gasteiger partial charge in [-0.25, -0.2) is 0 Å². The average molecular weight is 206 g/mol. The maximum Gasteiger partial charge on any atom is 0.315 e. The van der Waals surface area contributed by atoms with Crippen molar-refractivity contribution in [2.24, 2.45) is 0 Å². The number of amides is 1. The molecule has 0 aromatic carbocycles. The number of hydrogen-bond acceptors (Lipinski definition) is 2. The summed E-state index contributed by atoms with van der Waals surface area (Å²) in [6.07, 6.45) is -0.568. The number of halogens is 2. The molecule has 1 aliphatic rings. The minimum absolute atomic E-state index is 0.116. The van der Waals surface area contributed by atoms with E-state index in [1.54, 1.807) is 0 Å². The van der Waals surface area contributed by atoms with E-state index in [0.29, 0.717) is 6.04 Å². The Morgan fingerprint density at radius 3 is 2.57 bits per heavy atom. The molecule has 0 aliphatic heterocycles. The van der Waals surface area contributed by atoms with Gasteiger partial charge in [-0.2, -0.15) is 8.78 Å². The first-order valence-electron chi connectivity index (χ1n) is 4.80. The molecule has 1 rings (SSSR count). The van der Waals surface area contributed by atoms with Crippen LogP contribution in [0.4, 0.5) is 8.78 Å². The third-order valence-corrected chi connectivity index (χ3v) is 2.59. The summed E-state index contributed by atoms with van der Waals surface area (Å²) in [7, 11) is 1.96. The molecule has 3 nitrogen and oxygen atoms in total. The summed E-state index contributed by atoms with van der Waals surface area (Å²) in [6, 6.07) is 0.693. The van der Waals surface area contributed by atoms with Crippen LogP contribution in [0.3, 0.4) is 0 Å². The van der Waals surface area contributed by atoms with Crippen molar-refractivity contribution in [3.8, 4) is 0 Å². The van der Waals surface area contributed by atoms with Crippen molar-refractivity contribution in [2.45, 2.75) is 38.3 Å². The van der Waals surface area contributed by atoms with E-state index in [1.807, 2.05) is 14.0 Å². The van der Waals surface area contributed by atoms with Crippen LogP contribution < -0.4 is 5.32 Å². The maximum absolute atomic E-state index is 11.8. The molecule has 0 saturated heterocycles. The van der Waals surface area contributed by atoms with Gasteiger partial charge in [0, 0.05) is 18.6 Å². The molecule has 0 heterocycles. The molecule has 14 heavy (non-hydrogen) atoms. The smallest absolute Gasteiger partial charge is 0.315 e. The predicted molar refractivity (Wildman–Crippen MR) is 49.3 cm³/mol. The van der Waals surface area contributed by atoms with Crippen LogP contribution in [-0.2, 0) is 4.79 Å². The highest BCUT2D eigenvalue weighted by Gasteiger charge is 2.29. The predicted octanol–water partition coefficient (Wildman–Crippen LogP) is 0.850. The summed E-state index contributed by atoms with van der Waals surface area (Å²) in [5, 5.41) is 2.21. The minimum Gasteiger partial charge on any atom is -0.350 e. The van der Waals surface area contributed by atoms with Gasteiger partial charge in [0.1, 0.15) is 0 Å². The van der Waals surface area contributed by atoms with Crippen molar-refractivity contribution in [3.63, 3.8) is 0 Å². The minimum atomic E-state index is -2.91. The second-order valence-corrected chi connectivity index (χ2v) is 3.79. The largest absolute Gasteiger partial charge is 0.350 e. The van der Waals surface area contributed by atoms with Gasteiger partial charge in [0.15, 0.2) is 0 Å². The van der Waals surface area contributed by atoms with Crippen molar-refractivity contribution in [2.75, 3.05) is 13.6 Å². The molecular formula is C9H16F2N2O. The number of rotatable bonds is 5. The standard InChI is InChI=1S/C9H16F2N2O/c1-6(13(2)7-3-4-7)5-12-9(14)8(10)11/h6-8H,3-5H2,1-2H3,(H,12,14). The molecule has 1 fully saturated rings. The summed E-state index contributed by atoms with van der Waals surface area (Å²) in [5.41, 5.74) is 0. The molecule has 82 valence electrons. The number of nitrogens with zero attached hydrogens (tertiary/aromatic N) is 1. The lowest BCUT2D eigenvalue weighted by Gasteiger charge is -2.24. The van der Waals surface area contributed by atoms with Crippen molar-refractivity contribution in [1.82, 2.24) is 10.2 Å². The Balaban J connectivity index is 2.19. The number of likely N-dealkylation sites (N-methyl/N-ethyl adjacent to an activating group) is 1. The Bertz CT molecular complexity index is 207. The second kappa shape index (κ2) is 4.68. The van der Waals surface area contributed by atoms with Crippen LogP contribution >= 0.6 is 0 Å². The monoisotopic (exact) mass is 206 g/mol. The first-order valence-corrected chi connectivity index (χ1v) is 4.80. The first kappa shape index (κ1) is 11.4. The molecular weight excluding hydrogens is 190 g/mol. The van der Waals surface area contributed by atoms with E-state index in [9.17, 15) is 13.6 Å². The molecule has 0 spiro atoms. The van der Waals surface area contributed by atoms with Crippen LogP contribution in [0.25, 0.3) is 0 Å². The van der Waals surface area contributed by atoms with Gasteiger partial charge >= 0.3 is 6.43 Å². The molecule has 1 unspecified atom stereocenters. The number of carbonyl (C=O) groups excluding carboxylic acids is 1. The Kier molecular flexibility index (Phi) is 3.80. The summed E-state index contributed by atoms with van der Waals surface area (Å²) < 4.78 is 23.7. The second-order valence-electron chi connectivity index (χ2n) is 3.79. The fraction of sp³-hybridized carbons (Fsp3) is 0.889. The van der Waals surface area contributed by atoms with Gasteiger partial charge in [0.25, 0.3) is 5.91 Å². The van der Waals surface area contributed by atoms with Crippen LogP contribution in [0.1, 0.15) is 19.8 Å². The lowest BCUT2D eigenvalue weighted by molar-refractivity contribution is -0.131. The van der Waals surface area contributed by atoms with Gasteiger partial charge in [-0.05, 0) is 26.8 Å². The summed E-state index contributed by atoms with van der Waals surface area (Å²) >= 11 is 0. The molecule has 0 aromatic rings. The van der Waals surface area contributed by atoms with Crippen molar-refractivity contribution in [3.05, 3.63) is 0 Å². The molecule has 1 aliphatic carbocycles. The van der Waals surface area contributed by atoms with Crippen LogP contribution in [0.2, 0.25) is 0 Å². The number of nitrogens with one attached hydrogen (secondary N) is 1. The topological polar surface area (TPSA) is 32.3 Å². The van der Waals surface area contributed by atoms with E-state index in [1.165, 1.54) is 12.8 Å². The Hall–Kier alpha value is -0.710. The summed E-state index contributed by atoms with van der Waals surface area (Å²) in [5.74, 6) is -1.18. The van der Waals surface area contributed by atoms with E-state index >= 15 is 0 Å². The zero-order valence-corrected chi connectivity index (χ0v) is 8.46.